The van der Waals surface area contributed by atoms with Gasteiger partial charge in [0, 0.05) is 11.6 Å². The SMILES string of the molecule is Cc1ccccc1C(C(C)N)N(C)C(C)(C)CO. The molecule has 1 aromatic carbocycles. The maximum absolute atomic E-state index is 9.53. The number of hydrogen-bond donors (Lipinski definition) is 2. The predicted octanol–water partition coefficient (Wildman–Crippen LogP) is 2.09. The molecule has 0 saturated heterocycles. The lowest BCUT2D eigenvalue weighted by atomic mass is 9.91. The first-order valence-electron chi connectivity index (χ1n) is 6.46. The third-order valence-corrected chi connectivity index (χ3v) is 3.76. The molecular weight excluding hydrogens is 224 g/mol. The van der Waals surface area contributed by atoms with Crippen molar-refractivity contribution in [1.29, 1.82) is 0 Å². The second kappa shape index (κ2) is 5.83. The van der Waals surface area contributed by atoms with Gasteiger partial charge in [0.05, 0.1) is 12.6 Å². The van der Waals surface area contributed by atoms with Crippen LogP contribution < -0.4 is 5.73 Å². The van der Waals surface area contributed by atoms with Gasteiger partial charge in [-0.25, -0.2) is 0 Å². The van der Waals surface area contributed by atoms with Crippen molar-refractivity contribution in [1.82, 2.24) is 4.90 Å². The lowest BCUT2D eigenvalue weighted by molar-refractivity contribution is 0.0368. The van der Waals surface area contributed by atoms with Crippen LogP contribution in [0.4, 0.5) is 0 Å². The van der Waals surface area contributed by atoms with E-state index in [1.165, 1.54) is 11.1 Å². The molecule has 0 aliphatic carbocycles. The van der Waals surface area contributed by atoms with Gasteiger partial charge in [-0.3, -0.25) is 4.90 Å². The molecule has 18 heavy (non-hydrogen) atoms. The fraction of sp³-hybridized carbons (Fsp3) is 0.600. The van der Waals surface area contributed by atoms with E-state index in [9.17, 15) is 5.11 Å². The van der Waals surface area contributed by atoms with Crippen molar-refractivity contribution in [3.8, 4) is 0 Å². The molecule has 0 bridgehead atoms. The van der Waals surface area contributed by atoms with Gasteiger partial charge in [0.1, 0.15) is 0 Å². The van der Waals surface area contributed by atoms with Crippen LogP contribution in [0.5, 0.6) is 0 Å². The number of aliphatic hydroxyl groups excluding tert-OH is 1. The second-order valence-electron chi connectivity index (χ2n) is 5.74. The summed E-state index contributed by atoms with van der Waals surface area (Å²) in [5, 5.41) is 9.53. The molecule has 0 aromatic heterocycles. The number of hydrogen-bond acceptors (Lipinski definition) is 3. The van der Waals surface area contributed by atoms with Crippen LogP contribution in [-0.2, 0) is 0 Å². The summed E-state index contributed by atoms with van der Waals surface area (Å²) in [6, 6.07) is 8.40. The lowest BCUT2D eigenvalue weighted by Crippen LogP contribution is -2.50. The molecule has 0 amide bonds. The molecular formula is C15H26N2O. The largest absolute Gasteiger partial charge is 0.394 e. The summed E-state index contributed by atoms with van der Waals surface area (Å²) >= 11 is 0. The van der Waals surface area contributed by atoms with Crippen molar-refractivity contribution in [2.45, 2.75) is 45.3 Å². The highest BCUT2D eigenvalue weighted by Gasteiger charge is 2.32. The molecule has 1 rings (SSSR count). The van der Waals surface area contributed by atoms with Gasteiger partial charge < -0.3 is 10.8 Å². The van der Waals surface area contributed by atoms with Crippen molar-refractivity contribution < 1.29 is 5.11 Å². The highest BCUT2D eigenvalue weighted by atomic mass is 16.3. The topological polar surface area (TPSA) is 49.5 Å². The molecule has 0 spiro atoms. The van der Waals surface area contributed by atoms with E-state index in [0.717, 1.165) is 0 Å². The Bertz CT molecular complexity index is 388. The zero-order chi connectivity index (χ0) is 13.9. The maximum Gasteiger partial charge on any atom is 0.0610 e. The van der Waals surface area contributed by atoms with E-state index in [4.69, 9.17) is 5.73 Å². The zero-order valence-electron chi connectivity index (χ0n) is 12.1. The van der Waals surface area contributed by atoms with Crippen LogP contribution in [0.25, 0.3) is 0 Å². The third kappa shape index (κ3) is 3.10. The van der Waals surface area contributed by atoms with E-state index in [-0.39, 0.29) is 24.2 Å². The molecule has 0 radical (unpaired) electrons. The van der Waals surface area contributed by atoms with E-state index in [2.05, 4.69) is 24.0 Å². The Kier molecular flexibility index (Phi) is 4.91. The second-order valence-corrected chi connectivity index (χ2v) is 5.74. The zero-order valence-corrected chi connectivity index (χ0v) is 12.1. The normalized spacial score (nSPS) is 15.8. The first-order chi connectivity index (χ1) is 8.31. The molecule has 2 unspecified atom stereocenters. The van der Waals surface area contributed by atoms with Crippen LogP contribution in [0.3, 0.4) is 0 Å². The third-order valence-electron chi connectivity index (χ3n) is 3.76. The Labute approximate surface area is 111 Å². The minimum atomic E-state index is -0.291. The number of nitrogens with zero attached hydrogens (tertiary/aromatic N) is 1. The fourth-order valence-corrected chi connectivity index (χ4v) is 2.25. The Morgan fingerprint density at radius 2 is 1.89 bits per heavy atom. The molecule has 102 valence electrons. The summed E-state index contributed by atoms with van der Waals surface area (Å²) in [4.78, 5) is 2.17. The number of aliphatic hydroxyl groups is 1. The summed E-state index contributed by atoms with van der Waals surface area (Å²) in [6.07, 6.45) is 0. The first-order valence-corrected chi connectivity index (χ1v) is 6.46. The Balaban J connectivity index is 3.16. The van der Waals surface area contributed by atoms with Crippen molar-refractivity contribution in [3.63, 3.8) is 0 Å². The first kappa shape index (κ1) is 15.2. The van der Waals surface area contributed by atoms with Crippen LogP contribution in [0.2, 0.25) is 0 Å². The van der Waals surface area contributed by atoms with E-state index >= 15 is 0 Å². The van der Waals surface area contributed by atoms with Gasteiger partial charge >= 0.3 is 0 Å². The van der Waals surface area contributed by atoms with Crippen LogP contribution in [0.15, 0.2) is 24.3 Å². The standard InChI is InChI=1S/C15H26N2O/c1-11-8-6-7-9-13(11)14(12(2)16)17(5)15(3,4)10-18/h6-9,12,14,18H,10,16H2,1-5H3. The molecule has 3 nitrogen and oxygen atoms in total. The number of benzene rings is 1. The van der Waals surface area contributed by atoms with Crippen molar-refractivity contribution in [2.75, 3.05) is 13.7 Å². The molecule has 0 aliphatic rings. The lowest BCUT2D eigenvalue weighted by Gasteiger charge is -2.42. The van der Waals surface area contributed by atoms with Crippen LogP contribution in [0.1, 0.15) is 37.9 Å². The molecule has 2 atom stereocenters. The van der Waals surface area contributed by atoms with Crippen LogP contribution in [0, 0.1) is 6.92 Å². The van der Waals surface area contributed by atoms with E-state index < -0.39 is 0 Å². The monoisotopic (exact) mass is 250 g/mol. The van der Waals surface area contributed by atoms with E-state index in [1.54, 1.807) is 0 Å². The van der Waals surface area contributed by atoms with Crippen molar-refractivity contribution >= 4 is 0 Å². The van der Waals surface area contributed by atoms with Crippen molar-refractivity contribution in [2.24, 2.45) is 5.73 Å². The number of aryl methyl sites for hydroxylation is 1. The quantitative estimate of drug-likeness (QED) is 0.841. The molecule has 1 aromatic rings. The summed E-state index contributed by atoms with van der Waals surface area (Å²) in [5.41, 5.74) is 8.34. The highest BCUT2D eigenvalue weighted by Crippen LogP contribution is 2.30. The van der Waals surface area contributed by atoms with E-state index in [1.807, 2.05) is 40.0 Å². The Hall–Kier alpha value is -0.900. The Morgan fingerprint density at radius 3 is 2.33 bits per heavy atom. The van der Waals surface area contributed by atoms with Crippen molar-refractivity contribution in [3.05, 3.63) is 35.4 Å². The summed E-state index contributed by atoms with van der Waals surface area (Å²) in [7, 11) is 2.02. The minimum Gasteiger partial charge on any atom is -0.394 e. The summed E-state index contributed by atoms with van der Waals surface area (Å²) < 4.78 is 0. The average Bonchev–Trinajstić information content (AvgIpc) is 2.31. The van der Waals surface area contributed by atoms with Crippen LogP contribution in [-0.4, -0.2) is 35.2 Å². The average molecular weight is 250 g/mol. The molecule has 3 heteroatoms. The van der Waals surface area contributed by atoms with Gasteiger partial charge in [-0.2, -0.15) is 0 Å². The molecule has 3 N–H and O–H groups in total. The van der Waals surface area contributed by atoms with Gasteiger partial charge in [0.25, 0.3) is 0 Å². The summed E-state index contributed by atoms with van der Waals surface area (Å²) in [5.74, 6) is 0. The molecule has 0 fully saturated rings. The van der Waals surface area contributed by atoms with Gasteiger partial charge in [0.2, 0.25) is 0 Å². The van der Waals surface area contributed by atoms with Gasteiger partial charge in [-0.15, -0.1) is 0 Å². The van der Waals surface area contributed by atoms with E-state index in [0.29, 0.717) is 0 Å². The van der Waals surface area contributed by atoms with Crippen LogP contribution >= 0.6 is 0 Å². The van der Waals surface area contributed by atoms with Gasteiger partial charge in [-0.1, -0.05) is 24.3 Å². The van der Waals surface area contributed by atoms with Gasteiger partial charge in [0.15, 0.2) is 0 Å². The number of nitrogens with two attached hydrogens (primary N) is 1. The van der Waals surface area contributed by atoms with Gasteiger partial charge in [-0.05, 0) is 45.9 Å². The number of rotatable bonds is 5. The fourth-order valence-electron chi connectivity index (χ4n) is 2.25. The molecule has 0 heterocycles. The summed E-state index contributed by atoms with van der Waals surface area (Å²) in [6.45, 7) is 8.28. The highest BCUT2D eigenvalue weighted by molar-refractivity contribution is 5.30. The molecule has 0 saturated carbocycles. The maximum atomic E-state index is 9.53. The molecule has 0 aliphatic heterocycles. The smallest absolute Gasteiger partial charge is 0.0610 e. The minimum absolute atomic E-state index is 0.00178. The Morgan fingerprint density at radius 1 is 1.33 bits per heavy atom. The number of likely N-dealkylation sites (N-methyl/N-ethyl adjacent to an activating group) is 1. The predicted molar refractivity (Wildman–Crippen MR) is 76.5 cm³/mol.